The predicted molar refractivity (Wildman–Crippen MR) is 79.8 cm³/mol. The van der Waals surface area contributed by atoms with Crippen molar-refractivity contribution in [3.8, 4) is 0 Å². The van der Waals surface area contributed by atoms with Gasteiger partial charge in [0.15, 0.2) is 0 Å². The van der Waals surface area contributed by atoms with Crippen molar-refractivity contribution in [2.45, 2.75) is 19.0 Å². The zero-order valence-corrected chi connectivity index (χ0v) is 12.5. The Morgan fingerprint density at radius 3 is 2.48 bits per heavy atom. The summed E-state index contributed by atoms with van der Waals surface area (Å²) in [5.41, 5.74) is -0.666. The minimum atomic E-state index is -4.61. The van der Waals surface area contributed by atoms with E-state index < -0.39 is 28.5 Å². The molecule has 0 fully saturated rings. The van der Waals surface area contributed by atoms with Gasteiger partial charge in [0.25, 0.3) is 0 Å². The summed E-state index contributed by atoms with van der Waals surface area (Å²) < 4.78 is 51.6. The summed E-state index contributed by atoms with van der Waals surface area (Å²) in [6.45, 7) is 0. The van der Waals surface area contributed by atoms with Gasteiger partial charge >= 0.3 is 6.18 Å². The third kappa shape index (κ3) is 4.69. The predicted octanol–water partition coefficient (Wildman–Crippen LogP) is 5.07. The van der Waals surface area contributed by atoms with Crippen LogP contribution in [0.5, 0.6) is 0 Å². The maximum atomic E-state index is 13.4. The molecule has 7 heteroatoms. The smallest absolute Gasteiger partial charge is 0.326 e. The van der Waals surface area contributed by atoms with Gasteiger partial charge in [0, 0.05) is 12.1 Å². The Bertz CT molecular complexity index is 715. The van der Waals surface area contributed by atoms with Crippen LogP contribution in [0.2, 0.25) is 5.02 Å². The minimum Gasteiger partial charge on any atom is -0.326 e. The van der Waals surface area contributed by atoms with E-state index in [2.05, 4.69) is 5.32 Å². The molecule has 0 spiro atoms. The van der Waals surface area contributed by atoms with Gasteiger partial charge in [-0.05, 0) is 36.2 Å². The van der Waals surface area contributed by atoms with E-state index in [0.717, 1.165) is 12.1 Å². The van der Waals surface area contributed by atoms with E-state index in [4.69, 9.17) is 11.6 Å². The van der Waals surface area contributed by atoms with Gasteiger partial charge in [-0.25, -0.2) is 4.39 Å². The van der Waals surface area contributed by atoms with Crippen molar-refractivity contribution in [2.75, 3.05) is 5.32 Å². The molecule has 23 heavy (non-hydrogen) atoms. The second-order valence-electron chi connectivity index (χ2n) is 4.83. The van der Waals surface area contributed by atoms with Crippen LogP contribution in [-0.4, -0.2) is 5.91 Å². The third-order valence-electron chi connectivity index (χ3n) is 3.13. The number of amides is 1. The molecular formula is C16H12ClF4NO. The van der Waals surface area contributed by atoms with Crippen molar-refractivity contribution in [2.24, 2.45) is 0 Å². The van der Waals surface area contributed by atoms with Crippen molar-refractivity contribution in [3.05, 3.63) is 64.4 Å². The molecule has 0 radical (unpaired) electrons. The van der Waals surface area contributed by atoms with Gasteiger partial charge in [0.1, 0.15) is 5.82 Å². The van der Waals surface area contributed by atoms with Crippen molar-refractivity contribution < 1.29 is 22.4 Å². The summed E-state index contributed by atoms with van der Waals surface area (Å²) in [5.74, 6) is -0.935. The van der Waals surface area contributed by atoms with Crippen LogP contribution in [0, 0.1) is 5.82 Å². The van der Waals surface area contributed by atoms with Gasteiger partial charge in [-0.15, -0.1) is 0 Å². The zero-order valence-electron chi connectivity index (χ0n) is 11.8. The normalized spacial score (nSPS) is 11.3. The van der Waals surface area contributed by atoms with Crippen molar-refractivity contribution in [1.82, 2.24) is 0 Å². The summed E-state index contributed by atoms with van der Waals surface area (Å²) in [4.78, 5) is 11.8. The van der Waals surface area contributed by atoms with Crippen molar-refractivity contribution in [3.63, 3.8) is 0 Å². The summed E-state index contributed by atoms with van der Waals surface area (Å²) in [5, 5.41) is 1.91. The van der Waals surface area contributed by atoms with E-state index in [1.165, 1.54) is 18.2 Å². The summed E-state index contributed by atoms with van der Waals surface area (Å²) >= 11 is 5.50. The number of anilines is 1. The van der Waals surface area contributed by atoms with E-state index >= 15 is 0 Å². The summed E-state index contributed by atoms with van der Waals surface area (Å²) in [6.07, 6.45) is -4.51. The average Bonchev–Trinajstić information content (AvgIpc) is 2.47. The number of halogens is 5. The first-order valence-corrected chi connectivity index (χ1v) is 7.05. The molecule has 0 aliphatic heterocycles. The Hall–Kier alpha value is -2.08. The first kappa shape index (κ1) is 17.3. The highest BCUT2D eigenvalue weighted by molar-refractivity contribution is 6.31. The summed E-state index contributed by atoms with van der Waals surface area (Å²) in [6, 6.07) is 9.11. The molecule has 0 saturated carbocycles. The maximum Gasteiger partial charge on any atom is 0.417 e. The number of carbonyl (C=O) groups is 1. The quantitative estimate of drug-likeness (QED) is 0.770. The van der Waals surface area contributed by atoms with Crippen LogP contribution >= 0.6 is 11.6 Å². The first-order chi connectivity index (χ1) is 10.8. The molecule has 0 aliphatic rings. The van der Waals surface area contributed by atoms with Crippen LogP contribution in [0.15, 0.2) is 42.5 Å². The van der Waals surface area contributed by atoms with Crippen LogP contribution in [-0.2, 0) is 17.4 Å². The molecular weight excluding hydrogens is 334 g/mol. The van der Waals surface area contributed by atoms with E-state index in [1.807, 2.05) is 0 Å². The molecule has 1 amide bonds. The monoisotopic (exact) mass is 345 g/mol. The van der Waals surface area contributed by atoms with Crippen LogP contribution in [0.3, 0.4) is 0 Å². The number of nitrogens with one attached hydrogen (secondary N) is 1. The molecule has 2 nitrogen and oxygen atoms in total. The van der Waals surface area contributed by atoms with Crippen LogP contribution < -0.4 is 5.32 Å². The molecule has 0 atom stereocenters. The lowest BCUT2D eigenvalue weighted by atomic mass is 10.1. The zero-order chi connectivity index (χ0) is 17.0. The average molecular weight is 346 g/mol. The summed E-state index contributed by atoms with van der Waals surface area (Å²) in [7, 11) is 0. The third-order valence-corrected chi connectivity index (χ3v) is 3.46. The Kier molecular flexibility index (Phi) is 5.26. The van der Waals surface area contributed by atoms with Gasteiger partial charge in [-0.2, -0.15) is 13.2 Å². The van der Waals surface area contributed by atoms with E-state index in [1.54, 1.807) is 12.1 Å². The largest absolute Gasteiger partial charge is 0.417 e. The van der Waals surface area contributed by atoms with Crippen LogP contribution in [0.1, 0.15) is 17.5 Å². The second kappa shape index (κ2) is 7.00. The standard InChI is InChI=1S/C16H12ClF4NO/c17-13-7-6-11(9-12(13)16(19,20)21)22-15(23)8-5-10-3-1-2-4-14(10)18/h1-4,6-7,9H,5,8H2,(H,22,23). The topological polar surface area (TPSA) is 29.1 Å². The Labute approximate surface area is 135 Å². The molecule has 1 N–H and O–H groups in total. The molecule has 0 saturated heterocycles. The lowest BCUT2D eigenvalue weighted by molar-refractivity contribution is -0.137. The van der Waals surface area contributed by atoms with E-state index in [9.17, 15) is 22.4 Å². The number of alkyl halides is 3. The fraction of sp³-hybridized carbons (Fsp3) is 0.188. The fourth-order valence-corrected chi connectivity index (χ4v) is 2.22. The molecule has 2 aromatic rings. The van der Waals surface area contributed by atoms with Crippen LogP contribution in [0.4, 0.5) is 23.2 Å². The second-order valence-corrected chi connectivity index (χ2v) is 5.24. The van der Waals surface area contributed by atoms with E-state index in [-0.39, 0.29) is 18.5 Å². The molecule has 0 aliphatic carbocycles. The first-order valence-electron chi connectivity index (χ1n) is 6.67. The minimum absolute atomic E-state index is 0.0136. The molecule has 0 heterocycles. The molecule has 122 valence electrons. The lowest BCUT2D eigenvalue weighted by Crippen LogP contribution is -2.14. The Balaban J connectivity index is 2.02. The van der Waals surface area contributed by atoms with Gasteiger partial charge in [0.2, 0.25) is 5.91 Å². The number of carbonyl (C=O) groups excluding carboxylic acids is 1. The number of rotatable bonds is 4. The van der Waals surface area contributed by atoms with Gasteiger partial charge in [0.05, 0.1) is 10.6 Å². The van der Waals surface area contributed by atoms with Crippen molar-refractivity contribution in [1.29, 1.82) is 0 Å². The molecule has 2 rings (SSSR count). The Morgan fingerprint density at radius 2 is 1.83 bits per heavy atom. The van der Waals surface area contributed by atoms with Gasteiger partial charge in [-0.3, -0.25) is 4.79 Å². The molecule has 0 aromatic heterocycles. The van der Waals surface area contributed by atoms with Crippen molar-refractivity contribution >= 4 is 23.2 Å². The highest BCUT2D eigenvalue weighted by Gasteiger charge is 2.33. The SMILES string of the molecule is O=C(CCc1ccccc1F)Nc1ccc(Cl)c(C(F)(F)F)c1. The maximum absolute atomic E-state index is 13.4. The lowest BCUT2D eigenvalue weighted by Gasteiger charge is -2.12. The van der Waals surface area contributed by atoms with E-state index in [0.29, 0.717) is 5.56 Å². The fourth-order valence-electron chi connectivity index (χ4n) is 1.99. The number of hydrogen-bond donors (Lipinski definition) is 1. The van der Waals surface area contributed by atoms with Gasteiger partial charge in [-0.1, -0.05) is 29.8 Å². The number of aryl methyl sites for hydroxylation is 1. The molecule has 2 aromatic carbocycles. The highest BCUT2D eigenvalue weighted by atomic mass is 35.5. The number of hydrogen-bond acceptors (Lipinski definition) is 1. The van der Waals surface area contributed by atoms with Crippen LogP contribution in [0.25, 0.3) is 0 Å². The number of benzene rings is 2. The highest BCUT2D eigenvalue weighted by Crippen LogP contribution is 2.36. The molecule has 0 unspecified atom stereocenters. The molecule has 0 bridgehead atoms. The Morgan fingerprint density at radius 1 is 1.13 bits per heavy atom. The van der Waals surface area contributed by atoms with Gasteiger partial charge < -0.3 is 5.32 Å².